The van der Waals surface area contributed by atoms with E-state index in [2.05, 4.69) is 0 Å². The van der Waals surface area contributed by atoms with Gasteiger partial charge in [-0.2, -0.15) is 0 Å². The Morgan fingerprint density at radius 1 is 1.15 bits per heavy atom. The highest BCUT2D eigenvalue weighted by atomic mass is 35.5. The summed E-state index contributed by atoms with van der Waals surface area (Å²) in [6.45, 7) is -0.146. The van der Waals surface area contributed by atoms with Crippen LogP contribution in [-0.2, 0) is 11.3 Å². The number of carbonyl (C=O) groups is 1. The van der Waals surface area contributed by atoms with Crippen LogP contribution in [0.4, 0.5) is 14.5 Å². The third-order valence-corrected chi connectivity index (χ3v) is 2.85. The summed E-state index contributed by atoms with van der Waals surface area (Å²) in [5.41, 5.74) is 5.97. The Bertz CT molecular complexity index is 662. The lowest BCUT2D eigenvalue weighted by Crippen LogP contribution is -2.08. The molecule has 2 aromatic rings. The lowest BCUT2D eigenvalue weighted by molar-refractivity contribution is 0.0467. The minimum absolute atomic E-state index is 0.0753. The van der Waals surface area contributed by atoms with E-state index in [0.717, 1.165) is 12.1 Å². The van der Waals surface area contributed by atoms with Crippen LogP contribution in [0.1, 0.15) is 15.9 Å². The lowest BCUT2D eigenvalue weighted by Gasteiger charge is -2.07. The van der Waals surface area contributed by atoms with Crippen molar-refractivity contribution in [2.45, 2.75) is 6.61 Å². The molecule has 0 spiro atoms. The second-order valence-electron chi connectivity index (χ2n) is 4.06. The maximum absolute atomic E-state index is 13.4. The van der Waals surface area contributed by atoms with Crippen molar-refractivity contribution in [3.63, 3.8) is 0 Å². The number of nitrogen functional groups attached to an aromatic ring is 1. The number of benzene rings is 2. The van der Waals surface area contributed by atoms with Gasteiger partial charge in [0, 0.05) is 5.69 Å². The van der Waals surface area contributed by atoms with Gasteiger partial charge in [0.25, 0.3) is 0 Å². The molecule has 0 aliphatic heterocycles. The Balaban J connectivity index is 2.08. The van der Waals surface area contributed by atoms with Gasteiger partial charge in [0.05, 0.1) is 10.6 Å². The number of nitrogens with two attached hydrogens (primary N) is 1. The highest BCUT2D eigenvalue weighted by Crippen LogP contribution is 2.18. The van der Waals surface area contributed by atoms with Gasteiger partial charge >= 0.3 is 5.97 Å². The largest absolute Gasteiger partial charge is 0.457 e. The molecular weight excluding hydrogens is 288 g/mol. The maximum atomic E-state index is 13.4. The molecule has 0 heterocycles. The monoisotopic (exact) mass is 297 g/mol. The van der Waals surface area contributed by atoms with Crippen LogP contribution < -0.4 is 5.73 Å². The number of esters is 1. The molecule has 2 rings (SSSR count). The minimum atomic E-state index is -0.852. The minimum Gasteiger partial charge on any atom is -0.457 e. The predicted molar refractivity (Wildman–Crippen MR) is 71.3 cm³/mol. The molecule has 0 bridgehead atoms. The van der Waals surface area contributed by atoms with Gasteiger partial charge in [0.1, 0.15) is 18.2 Å². The van der Waals surface area contributed by atoms with Gasteiger partial charge in [-0.3, -0.25) is 0 Å². The molecule has 0 fully saturated rings. The molecule has 2 N–H and O–H groups in total. The Hall–Kier alpha value is -2.14. The van der Waals surface area contributed by atoms with Crippen molar-refractivity contribution in [3.05, 3.63) is 64.2 Å². The second kappa shape index (κ2) is 5.88. The Labute approximate surface area is 118 Å². The van der Waals surface area contributed by atoms with E-state index in [1.165, 1.54) is 24.3 Å². The van der Waals surface area contributed by atoms with Crippen molar-refractivity contribution >= 4 is 23.3 Å². The van der Waals surface area contributed by atoms with Gasteiger partial charge in [-0.05, 0) is 35.9 Å². The average Bonchev–Trinajstić information content (AvgIpc) is 2.42. The van der Waals surface area contributed by atoms with Gasteiger partial charge < -0.3 is 10.5 Å². The normalized spacial score (nSPS) is 10.3. The fourth-order valence-corrected chi connectivity index (χ4v) is 1.76. The number of halogens is 3. The van der Waals surface area contributed by atoms with E-state index in [1.54, 1.807) is 0 Å². The summed E-state index contributed by atoms with van der Waals surface area (Å²) < 4.78 is 31.3. The molecule has 0 radical (unpaired) electrons. The molecule has 0 atom stereocenters. The van der Waals surface area contributed by atoms with Crippen molar-refractivity contribution < 1.29 is 18.3 Å². The summed E-state index contributed by atoms with van der Waals surface area (Å²) in [6, 6.07) is 7.53. The Kier molecular flexibility index (Phi) is 4.20. The van der Waals surface area contributed by atoms with Crippen LogP contribution in [0.5, 0.6) is 0 Å². The van der Waals surface area contributed by atoms with Crippen molar-refractivity contribution in [1.29, 1.82) is 0 Å². The first-order valence-electron chi connectivity index (χ1n) is 5.63. The second-order valence-corrected chi connectivity index (χ2v) is 4.47. The van der Waals surface area contributed by atoms with Crippen LogP contribution in [-0.4, -0.2) is 5.97 Å². The SMILES string of the molecule is Nc1ccc(F)c(C(=O)OCc2ccc(F)c(Cl)c2)c1. The summed E-state index contributed by atoms with van der Waals surface area (Å²) in [4.78, 5) is 11.7. The molecule has 0 saturated carbocycles. The summed E-state index contributed by atoms with van der Waals surface area (Å²) in [5.74, 6) is -2.14. The van der Waals surface area contributed by atoms with Crippen molar-refractivity contribution in [2.24, 2.45) is 0 Å². The van der Waals surface area contributed by atoms with Gasteiger partial charge in [0.15, 0.2) is 0 Å². The summed E-state index contributed by atoms with van der Waals surface area (Å²) in [7, 11) is 0. The summed E-state index contributed by atoms with van der Waals surface area (Å²) >= 11 is 5.60. The number of carbonyl (C=O) groups excluding carboxylic acids is 1. The quantitative estimate of drug-likeness (QED) is 0.696. The van der Waals surface area contributed by atoms with E-state index in [-0.39, 0.29) is 22.9 Å². The first kappa shape index (κ1) is 14.3. The van der Waals surface area contributed by atoms with Crippen molar-refractivity contribution in [3.8, 4) is 0 Å². The third kappa shape index (κ3) is 3.24. The third-order valence-electron chi connectivity index (χ3n) is 2.56. The van der Waals surface area contributed by atoms with Crippen LogP contribution in [0.3, 0.4) is 0 Å². The number of rotatable bonds is 3. The van der Waals surface area contributed by atoms with Crippen LogP contribution in [0.15, 0.2) is 36.4 Å². The molecule has 104 valence electrons. The zero-order valence-electron chi connectivity index (χ0n) is 10.2. The van der Waals surface area contributed by atoms with E-state index in [1.807, 2.05) is 0 Å². The fourth-order valence-electron chi connectivity index (χ4n) is 1.56. The number of anilines is 1. The zero-order chi connectivity index (χ0) is 14.7. The summed E-state index contributed by atoms with van der Waals surface area (Å²) in [5, 5.41) is -0.0753. The van der Waals surface area contributed by atoms with Gasteiger partial charge in [-0.25, -0.2) is 13.6 Å². The molecule has 0 aromatic heterocycles. The van der Waals surface area contributed by atoms with E-state index in [4.69, 9.17) is 22.1 Å². The molecule has 6 heteroatoms. The van der Waals surface area contributed by atoms with Crippen LogP contribution in [0.2, 0.25) is 5.02 Å². The van der Waals surface area contributed by atoms with E-state index < -0.39 is 17.6 Å². The van der Waals surface area contributed by atoms with E-state index >= 15 is 0 Å². The van der Waals surface area contributed by atoms with Crippen LogP contribution in [0, 0.1) is 11.6 Å². The molecule has 20 heavy (non-hydrogen) atoms. The maximum Gasteiger partial charge on any atom is 0.341 e. The first-order chi connectivity index (χ1) is 9.47. The first-order valence-corrected chi connectivity index (χ1v) is 6.01. The molecule has 0 unspecified atom stereocenters. The molecule has 0 amide bonds. The van der Waals surface area contributed by atoms with Crippen molar-refractivity contribution in [1.82, 2.24) is 0 Å². The zero-order valence-corrected chi connectivity index (χ0v) is 11.0. The molecular formula is C14H10ClF2NO2. The molecule has 3 nitrogen and oxygen atoms in total. The molecule has 0 saturated heterocycles. The van der Waals surface area contributed by atoms with Gasteiger partial charge in [0.2, 0.25) is 0 Å². The van der Waals surface area contributed by atoms with Crippen LogP contribution >= 0.6 is 11.6 Å². The Morgan fingerprint density at radius 3 is 2.55 bits per heavy atom. The van der Waals surface area contributed by atoms with Crippen LogP contribution in [0.25, 0.3) is 0 Å². The highest BCUT2D eigenvalue weighted by molar-refractivity contribution is 6.30. The van der Waals surface area contributed by atoms with Gasteiger partial charge in [-0.1, -0.05) is 17.7 Å². The van der Waals surface area contributed by atoms with Gasteiger partial charge in [-0.15, -0.1) is 0 Å². The lowest BCUT2D eigenvalue weighted by atomic mass is 10.2. The predicted octanol–water partition coefficient (Wildman–Crippen LogP) is 3.56. The van der Waals surface area contributed by atoms with E-state index in [9.17, 15) is 13.6 Å². The standard InChI is InChI=1S/C14H10ClF2NO2/c15-11-5-8(1-3-13(11)17)7-20-14(19)10-6-9(18)2-4-12(10)16/h1-6H,7,18H2. The average molecular weight is 298 g/mol. The highest BCUT2D eigenvalue weighted by Gasteiger charge is 2.14. The van der Waals surface area contributed by atoms with E-state index in [0.29, 0.717) is 5.56 Å². The summed E-state index contributed by atoms with van der Waals surface area (Å²) in [6.07, 6.45) is 0. The Morgan fingerprint density at radius 2 is 1.85 bits per heavy atom. The smallest absolute Gasteiger partial charge is 0.341 e. The van der Waals surface area contributed by atoms with Crippen molar-refractivity contribution in [2.75, 3.05) is 5.73 Å². The topological polar surface area (TPSA) is 52.3 Å². The number of hydrogen-bond acceptors (Lipinski definition) is 3. The molecule has 0 aliphatic rings. The fraction of sp³-hybridized carbons (Fsp3) is 0.0714. The molecule has 2 aromatic carbocycles. The molecule has 0 aliphatic carbocycles. The number of ether oxygens (including phenoxy) is 1. The number of hydrogen-bond donors (Lipinski definition) is 1.